The number of carbonyl (C=O) groups excluding carboxylic acids is 1. The number of nitrogens with one attached hydrogen (secondary N) is 1. The molecule has 0 saturated carbocycles. The van der Waals surface area contributed by atoms with Crippen molar-refractivity contribution in [2.75, 3.05) is 6.61 Å². The Labute approximate surface area is 148 Å². The van der Waals surface area contributed by atoms with Gasteiger partial charge in [-0.05, 0) is 42.5 Å². The van der Waals surface area contributed by atoms with Crippen LogP contribution in [0.3, 0.4) is 0 Å². The molecule has 0 aliphatic rings. The molecule has 3 nitrogen and oxygen atoms in total. The molecular weight excluding hydrogens is 322 g/mol. The number of aliphatic hydroxyl groups is 1. The van der Waals surface area contributed by atoms with Gasteiger partial charge < -0.3 is 10.4 Å². The van der Waals surface area contributed by atoms with E-state index in [9.17, 15) is 4.79 Å². The maximum Gasteiger partial charge on any atom is 0.223 e. The first-order chi connectivity index (χ1) is 11.6. The second-order valence-corrected chi connectivity index (χ2v) is 6.51. The van der Waals surface area contributed by atoms with Gasteiger partial charge in [0.05, 0.1) is 6.04 Å². The predicted octanol–water partition coefficient (Wildman–Crippen LogP) is 4.15. The van der Waals surface area contributed by atoms with Gasteiger partial charge >= 0.3 is 0 Å². The summed E-state index contributed by atoms with van der Waals surface area (Å²) in [4.78, 5) is 12.6. The van der Waals surface area contributed by atoms with Crippen molar-refractivity contribution >= 4 is 17.5 Å². The summed E-state index contributed by atoms with van der Waals surface area (Å²) >= 11 is 6.01. The van der Waals surface area contributed by atoms with Crippen LogP contribution in [0.1, 0.15) is 36.9 Å². The van der Waals surface area contributed by atoms with Crippen molar-refractivity contribution in [3.8, 4) is 0 Å². The number of rotatable bonds is 8. The molecule has 4 heteroatoms. The second kappa shape index (κ2) is 9.45. The zero-order chi connectivity index (χ0) is 17.4. The minimum atomic E-state index is -0.149. The van der Waals surface area contributed by atoms with Crippen LogP contribution in [-0.2, 0) is 11.2 Å². The summed E-state index contributed by atoms with van der Waals surface area (Å²) in [6.07, 6.45) is 2.02. The van der Waals surface area contributed by atoms with Gasteiger partial charge in [-0.3, -0.25) is 4.79 Å². The van der Waals surface area contributed by atoms with E-state index in [-0.39, 0.29) is 24.5 Å². The Hall–Kier alpha value is -1.84. The van der Waals surface area contributed by atoms with Gasteiger partial charge in [0.1, 0.15) is 0 Å². The Balaban J connectivity index is 2.01. The normalized spacial score (nSPS) is 13.3. The predicted molar refractivity (Wildman–Crippen MR) is 98.0 cm³/mol. The summed E-state index contributed by atoms with van der Waals surface area (Å²) in [6, 6.07) is 17.4. The molecule has 0 aliphatic heterocycles. The van der Waals surface area contributed by atoms with E-state index in [4.69, 9.17) is 16.7 Å². The fraction of sp³-hybridized carbons (Fsp3) is 0.350. The van der Waals surface area contributed by atoms with Crippen LogP contribution in [0.25, 0.3) is 0 Å². The standard InChI is InChI=1S/C20H24ClNO2/c1-15(13-16-7-5-10-18(21)14-16)20(24)22-19(11-6-12-23)17-8-3-2-4-9-17/h2-5,7-10,14-15,19,23H,6,11-13H2,1H3,(H,22,24). The zero-order valence-electron chi connectivity index (χ0n) is 13.9. The van der Waals surface area contributed by atoms with Crippen molar-refractivity contribution in [1.29, 1.82) is 0 Å². The summed E-state index contributed by atoms with van der Waals surface area (Å²) in [7, 11) is 0. The smallest absolute Gasteiger partial charge is 0.223 e. The highest BCUT2D eigenvalue weighted by Crippen LogP contribution is 2.20. The molecule has 0 radical (unpaired) electrons. The average molecular weight is 346 g/mol. The third-order valence-corrected chi connectivity index (χ3v) is 4.28. The Morgan fingerprint density at radius 1 is 1.17 bits per heavy atom. The third kappa shape index (κ3) is 5.66. The summed E-state index contributed by atoms with van der Waals surface area (Å²) in [6.45, 7) is 2.04. The van der Waals surface area contributed by atoms with Crippen molar-refractivity contribution in [3.63, 3.8) is 0 Å². The number of hydrogen-bond acceptors (Lipinski definition) is 2. The van der Waals surface area contributed by atoms with Crippen LogP contribution in [0.5, 0.6) is 0 Å². The molecule has 2 aromatic carbocycles. The lowest BCUT2D eigenvalue weighted by atomic mass is 9.97. The number of amides is 1. The van der Waals surface area contributed by atoms with Gasteiger partial charge in [-0.2, -0.15) is 0 Å². The molecule has 24 heavy (non-hydrogen) atoms. The first kappa shape index (κ1) is 18.5. The molecule has 2 unspecified atom stereocenters. The minimum Gasteiger partial charge on any atom is -0.396 e. The van der Waals surface area contributed by atoms with Crippen LogP contribution in [0.4, 0.5) is 0 Å². The van der Waals surface area contributed by atoms with Crippen molar-refractivity contribution in [1.82, 2.24) is 5.32 Å². The molecule has 0 heterocycles. The molecule has 1 amide bonds. The maximum absolute atomic E-state index is 12.6. The third-order valence-electron chi connectivity index (χ3n) is 4.05. The largest absolute Gasteiger partial charge is 0.396 e. The van der Waals surface area contributed by atoms with Gasteiger partial charge in [0, 0.05) is 17.5 Å². The molecule has 2 rings (SSSR count). The van der Waals surface area contributed by atoms with Crippen LogP contribution >= 0.6 is 11.6 Å². The highest BCUT2D eigenvalue weighted by atomic mass is 35.5. The molecule has 0 aromatic heterocycles. The van der Waals surface area contributed by atoms with Crippen LogP contribution < -0.4 is 5.32 Å². The van der Waals surface area contributed by atoms with E-state index in [0.717, 1.165) is 17.5 Å². The minimum absolute atomic E-state index is 0.0155. The van der Waals surface area contributed by atoms with Crippen LogP contribution in [-0.4, -0.2) is 17.6 Å². The summed E-state index contributed by atoms with van der Waals surface area (Å²) in [5, 5.41) is 12.9. The quantitative estimate of drug-likeness (QED) is 0.755. The SMILES string of the molecule is CC(Cc1cccc(Cl)c1)C(=O)NC(CCCO)c1ccccc1. The lowest BCUT2D eigenvalue weighted by molar-refractivity contribution is -0.125. The molecule has 128 valence electrons. The molecule has 2 atom stereocenters. The zero-order valence-corrected chi connectivity index (χ0v) is 14.7. The van der Waals surface area contributed by atoms with Crippen molar-refractivity contribution in [3.05, 3.63) is 70.7 Å². The highest BCUT2D eigenvalue weighted by molar-refractivity contribution is 6.30. The Bertz CT molecular complexity index is 645. The molecule has 2 N–H and O–H groups in total. The number of halogens is 1. The number of carbonyl (C=O) groups is 1. The monoisotopic (exact) mass is 345 g/mol. The van der Waals surface area contributed by atoms with E-state index in [0.29, 0.717) is 17.9 Å². The first-order valence-electron chi connectivity index (χ1n) is 8.30. The Morgan fingerprint density at radius 3 is 2.58 bits per heavy atom. The summed E-state index contributed by atoms with van der Waals surface area (Å²) in [5.41, 5.74) is 2.12. The van der Waals surface area contributed by atoms with Crippen LogP contribution in [0, 0.1) is 5.92 Å². The van der Waals surface area contributed by atoms with Crippen molar-refractivity contribution in [2.24, 2.45) is 5.92 Å². The van der Waals surface area contributed by atoms with E-state index >= 15 is 0 Å². The molecular formula is C20H24ClNO2. The van der Waals surface area contributed by atoms with Gasteiger partial charge in [0.15, 0.2) is 0 Å². The van der Waals surface area contributed by atoms with Gasteiger partial charge in [0.2, 0.25) is 5.91 Å². The molecule has 0 spiro atoms. The van der Waals surface area contributed by atoms with E-state index in [1.165, 1.54) is 0 Å². The maximum atomic E-state index is 12.6. The van der Waals surface area contributed by atoms with Gasteiger partial charge in [-0.25, -0.2) is 0 Å². The highest BCUT2D eigenvalue weighted by Gasteiger charge is 2.19. The first-order valence-corrected chi connectivity index (χ1v) is 8.68. The Kier molecular flexibility index (Phi) is 7.29. The van der Waals surface area contributed by atoms with Crippen LogP contribution in [0.2, 0.25) is 5.02 Å². The van der Waals surface area contributed by atoms with Crippen molar-refractivity contribution in [2.45, 2.75) is 32.2 Å². The van der Waals surface area contributed by atoms with Gasteiger partial charge in [-0.15, -0.1) is 0 Å². The fourth-order valence-corrected chi connectivity index (χ4v) is 2.94. The van der Waals surface area contributed by atoms with E-state index in [1.54, 1.807) is 0 Å². The summed E-state index contributed by atoms with van der Waals surface area (Å²) < 4.78 is 0. The topological polar surface area (TPSA) is 49.3 Å². The summed E-state index contributed by atoms with van der Waals surface area (Å²) in [5.74, 6) is -0.134. The lowest BCUT2D eigenvalue weighted by Gasteiger charge is -2.21. The average Bonchev–Trinajstić information content (AvgIpc) is 2.59. The second-order valence-electron chi connectivity index (χ2n) is 6.07. The van der Waals surface area contributed by atoms with Gasteiger partial charge in [-0.1, -0.05) is 61.0 Å². The van der Waals surface area contributed by atoms with Crippen LogP contribution in [0.15, 0.2) is 54.6 Å². The fourth-order valence-electron chi connectivity index (χ4n) is 2.73. The Morgan fingerprint density at radius 2 is 1.92 bits per heavy atom. The number of hydrogen-bond donors (Lipinski definition) is 2. The van der Waals surface area contributed by atoms with Gasteiger partial charge in [0.25, 0.3) is 0 Å². The molecule has 0 saturated heterocycles. The van der Waals surface area contributed by atoms with Crippen molar-refractivity contribution < 1.29 is 9.90 Å². The molecule has 0 aliphatic carbocycles. The number of benzene rings is 2. The molecule has 0 bridgehead atoms. The number of aliphatic hydroxyl groups excluding tert-OH is 1. The lowest BCUT2D eigenvalue weighted by Crippen LogP contribution is -2.34. The van der Waals surface area contributed by atoms with E-state index in [1.807, 2.05) is 61.5 Å². The molecule has 2 aromatic rings. The van der Waals surface area contributed by atoms with E-state index in [2.05, 4.69) is 5.32 Å². The molecule has 0 fully saturated rings. The van der Waals surface area contributed by atoms with E-state index < -0.39 is 0 Å².